The van der Waals surface area contributed by atoms with E-state index in [1.165, 1.54) is 0 Å². The summed E-state index contributed by atoms with van der Waals surface area (Å²) in [5.74, 6) is 0.177. The Hall–Kier alpha value is -1.40. The second kappa shape index (κ2) is 6.01. The van der Waals surface area contributed by atoms with Crippen molar-refractivity contribution >= 4 is 21.6 Å². The minimum absolute atomic E-state index is 0.177. The van der Waals surface area contributed by atoms with Crippen LogP contribution in [0.25, 0.3) is 0 Å². The fourth-order valence-electron chi connectivity index (χ4n) is 2.87. The summed E-state index contributed by atoms with van der Waals surface area (Å²) >= 11 is 0. The van der Waals surface area contributed by atoms with Gasteiger partial charge in [0.05, 0.1) is 5.25 Å². The third-order valence-electron chi connectivity index (χ3n) is 4.23. The van der Waals surface area contributed by atoms with Crippen molar-refractivity contribution in [1.82, 2.24) is 4.72 Å². The maximum absolute atomic E-state index is 12.0. The average Bonchev–Trinajstić information content (AvgIpc) is 3.33. The number of carbonyl (C=O) groups excluding carboxylic acids is 1. The highest BCUT2D eigenvalue weighted by atomic mass is 32.2. The summed E-state index contributed by atoms with van der Waals surface area (Å²) in [7, 11) is -3.15. The molecule has 6 heteroatoms. The molecule has 0 aromatic heterocycles. The van der Waals surface area contributed by atoms with Gasteiger partial charge in [0, 0.05) is 25.2 Å². The molecule has 1 fully saturated rings. The fourth-order valence-corrected chi connectivity index (χ4v) is 4.23. The number of nitrogens with one attached hydrogen (secondary N) is 1. The minimum Gasteiger partial charge on any atom is -0.312 e. The number of carbonyl (C=O) groups is 1. The van der Waals surface area contributed by atoms with Gasteiger partial charge in [-0.05, 0) is 42.9 Å². The maximum Gasteiger partial charge on any atom is 0.227 e. The number of benzene rings is 1. The molecule has 1 saturated carbocycles. The molecule has 1 N–H and O–H groups in total. The zero-order chi connectivity index (χ0) is 15.7. The first-order valence-electron chi connectivity index (χ1n) is 7.92. The van der Waals surface area contributed by atoms with Gasteiger partial charge < -0.3 is 4.90 Å². The highest BCUT2D eigenvalue weighted by molar-refractivity contribution is 7.90. The number of amides is 1. The number of hydrogen-bond acceptors (Lipinski definition) is 3. The molecule has 3 rings (SSSR count). The van der Waals surface area contributed by atoms with Gasteiger partial charge in [0.1, 0.15) is 0 Å². The van der Waals surface area contributed by atoms with Gasteiger partial charge in [0.25, 0.3) is 0 Å². The lowest BCUT2D eigenvalue weighted by atomic mass is 9.98. The predicted octanol–water partition coefficient (Wildman–Crippen LogP) is 1.96. The molecular formula is C16H22N2O3S. The molecule has 1 aromatic carbocycles. The lowest BCUT2D eigenvalue weighted by Crippen LogP contribution is -2.35. The van der Waals surface area contributed by atoms with Gasteiger partial charge in [-0.2, -0.15) is 0 Å². The van der Waals surface area contributed by atoms with E-state index in [-0.39, 0.29) is 11.2 Å². The third kappa shape index (κ3) is 3.17. The Morgan fingerprint density at radius 1 is 1.27 bits per heavy atom. The van der Waals surface area contributed by atoms with Crippen LogP contribution < -0.4 is 9.62 Å². The van der Waals surface area contributed by atoms with Crippen LogP contribution in [0.15, 0.2) is 18.2 Å². The molecule has 0 spiro atoms. The van der Waals surface area contributed by atoms with E-state index in [9.17, 15) is 13.2 Å². The number of sulfonamides is 1. The Labute approximate surface area is 131 Å². The van der Waals surface area contributed by atoms with Crippen LogP contribution in [0, 0.1) is 0 Å². The third-order valence-corrected chi connectivity index (χ3v) is 6.13. The molecule has 0 radical (unpaired) electrons. The van der Waals surface area contributed by atoms with Crippen molar-refractivity contribution in [3.05, 3.63) is 29.3 Å². The van der Waals surface area contributed by atoms with Gasteiger partial charge in [-0.1, -0.05) is 19.1 Å². The molecule has 0 bridgehead atoms. The number of fused-ring (bicyclic) bond motifs is 1. The molecular weight excluding hydrogens is 300 g/mol. The summed E-state index contributed by atoms with van der Waals surface area (Å²) < 4.78 is 26.4. The first-order chi connectivity index (χ1) is 10.5. The van der Waals surface area contributed by atoms with Crippen LogP contribution in [-0.4, -0.2) is 26.1 Å². The van der Waals surface area contributed by atoms with E-state index in [1.54, 1.807) is 0 Å². The number of rotatable bonds is 6. The van der Waals surface area contributed by atoms with Gasteiger partial charge in [0.15, 0.2) is 0 Å². The molecule has 2 aliphatic rings. The first-order valence-corrected chi connectivity index (χ1v) is 9.46. The average molecular weight is 322 g/mol. The molecule has 1 heterocycles. The van der Waals surface area contributed by atoms with E-state index in [2.05, 4.69) is 11.6 Å². The molecule has 120 valence electrons. The van der Waals surface area contributed by atoms with Crippen LogP contribution in [-0.2, 0) is 27.8 Å². The quantitative estimate of drug-likeness (QED) is 0.870. The van der Waals surface area contributed by atoms with Crippen molar-refractivity contribution in [3.63, 3.8) is 0 Å². The predicted molar refractivity (Wildman–Crippen MR) is 86.2 cm³/mol. The second-order valence-corrected chi connectivity index (χ2v) is 8.12. The van der Waals surface area contributed by atoms with Crippen molar-refractivity contribution in [1.29, 1.82) is 0 Å². The summed E-state index contributed by atoms with van der Waals surface area (Å²) in [6.45, 7) is 3.12. The van der Waals surface area contributed by atoms with Crippen LogP contribution >= 0.6 is 0 Å². The Morgan fingerprint density at radius 2 is 2.05 bits per heavy atom. The van der Waals surface area contributed by atoms with E-state index in [0.717, 1.165) is 49.0 Å². The van der Waals surface area contributed by atoms with Gasteiger partial charge in [0.2, 0.25) is 15.9 Å². The molecule has 0 saturated heterocycles. The lowest BCUT2D eigenvalue weighted by Gasteiger charge is -2.29. The van der Waals surface area contributed by atoms with Crippen molar-refractivity contribution < 1.29 is 13.2 Å². The van der Waals surface area contributed by atoms with Gasteiger partial charge >= 0.3 is 0 Å². The van der Waals surface area contributed by atoms with Crippen LogP contribution in [0.2, 0.25) is 0 Å². The lowest BCUT2D eigenvalue weighted by molar-refractivity contribution is -0.118. The number of aryl methyl sites for hydroxylation is 1. The maximum atomic E-state index is 12.0. The Kier molecular flexibility index (Phi) is 4.23. The Bertz CT molecular complexity index is 681. The van der Waals surface area contributed by atoms with E-state index in [0.29, 0.717) is 13.0 Å². The first kappa shape index (κ1) is 15.5. The minimum atomic E-state index is -3.15. The van der Waals surface area contributed by atoms with Gasteiger partial charge in [-0.25, -0.2) is 13.1 Å². The second-order valence-electron chi connectivity index (χ2n) is 6.07. The van der Waals surface area contributed by atoms with Crippen LogP contribution in [0.5, 0.6) is 0 Å². The van der Waals surface area contributed by atoms with Crippen molar-refractivity contribution in [2.24, 2.45) is 0 Å². The van der Waals surface area contributed by atoms with Crippen molar-refractivity contribution in [2.45, 2.75) is 50.8 Å². The number of anilines is 1. The molecule has 1 aliphatic heterocycles. The van der Waals surface area contributed by atoms with Gasteiger partial charge in [-0.3, -0.25) is 4.79 Å². The summed E-state index contributed by atoms with van der Waals surface area (Å²) in [5, 5.41) is -0.192. The summed E-state index contributed by atoms with van der Waals surface area (Å²) in [6, 6.07) is 5.89. The number of nitrogens with zero attached hydrogens (tertiary/aromatic N) is 1. The molecule has 1 amide bonds. The van der Waals surface area contributed by atoms with Crippen LogP contribution in [0.3, 0.4) is 0 Å². The molecule has 0 atom stereocenters. The number of hydrogen-bond donors (Lipinski definition) is 1. The molecule has 1 aromatic rings. The smallest absolute Gasteiger partial charge is 0.227 e. The fraction of sp³-hybridized carbons (Fsp3) is 0.562. The summed E-state index contributed by atoms with van der Waals surface area (Å²) in [6.07, 6.45) is 3.73. The Balaban J connectivity index is 1.74. The molecule has 22 heavy (non-hydrogen) atoms. The largest absolute Gasteiger partial charge is 0.312 e. The normalized spacial score (nSPS) is 18.4. The van der Waals surface area contributed by atoms with E-state index >= 15 is 0 Å². The zero-order valence-electron chi connectivity index (χ0n) is 12.8. The Morgan fingerprint density at radius 3 is 2.73 bits per heavy atom. The highest BCUT2D eigenvalue weighted by Gasteiger charge is 2.35. The van der Waals surface area contributed by atoms with Gasteiger partial charge in [-0.15, -0.1) is 0 Å². The summed E-state index contributed by atoms with van der Waals surface area (Å²) in [5.41, 5.74) is 3.07. The summed E-state index contributed by atoms with van der Waals surface area (Å²) in [4.78, 5) is 13.8. The molecule has 1 aliphatic carbocycles. The topological polar surface area (TPSA) is 66.5 Å². The van der Waals surface area contributed by atoms with Crippen LogP contribution in [0.4, 0.5) is 5.69 Å². The zero-order valence-corrected chi connectivity index (χ0v) is 13.7. The molecule has 0 unspecified atom stereocenters. The van der Waals surface area contributed by atoms with Crippen LogP contribution in [0.1, 0.15) is 43.7 Å². The van der Waals surface area contributed by atoms with Crippen molar-refractivity contribution in [2.75, 3.05) is 11.4 Å². The van der Waals surface area contributed by atoms with E-state index in [4.69, 9.17) is 0 Å². The SMILES string of the molecule is CCCN1C(=O)CCc2cc(CNS(=O)(=O)C3CC3)ccc21. The highest BCUT2D eigenvalue weighted by Crippen LogP contribution is 2.30. The van der Waals surface area contributed by atoms with Crippen molar-refractivity contribution in [3.8, 4) is 0 Å². The standard InChI is InChI=1S/C16H22N2O3S/c1-2-9-18-15-7-3-12(10-13(15)4-8-16(18)19)11-17-22(20,21)14-5-6-14/h3,7,10,14,17H,2,4-6,8-9,11H2,1H3. The van der Waals surface area contributed by atoms with E-state index < -0.39 is 10.0 Å². The monoisotopic (exact) mass is 322 g/mol. The van der Waals surface area contributed by atoms with E-state index in [1.807, 2.05) is 23.1 Å². The molecule has 5 nitrogen and oxygen atoms in total.